The second kappa shape index (κ2) is 11.3. The third kappa shape index (κ3) is 6.28. The Labute approximate surface area is 179 Å². The lowest BCUT2D eigenvalue weighted by atomic mass is 10.1. The molecule has 3 aromatic rings. The van der Waals surface area contributed by atoms with Gasteiger partial charge in [0.05, 0.1) is 5.69 Å². The number of halogens is 1. The normalized spacial score (nSPS) is 11.4. The van der Waals surface area contributed by atoms with Crippen molar-refractivity contribution in [1.29, 1.82) is 0 Å². The molecule has 0 amide bonds. The highest BCUT2D eigenvalue weighted by Gasteiger charge is 2.10. The first kappa shape index (κ1) is 21.8. The first-order valence-corrected chi connectivity index (χ1v) is 11.3. The highest BCUT2D eigenvalue weighted by molar-refractivity contribution is 6.29. The van der Waals surface area contributed by atoms with Gasteiger partial charge in [-0.15, -0.1) is 0 Å². The van der Waals surface area contributed by atoms with Gasteiger partial charge >= 0.3 is 0 Å². The van der Waals surface area contributed by atoms with Crippen LogP contribution < -0.4 is 5.32 Å². The van der Waals surface area contributed by atoms with E-state index in [4.69, 9.17) is 11.6 Å². The predicted molar refractivity (Wildman–Crippen MR) is 123 cm³/mol. The summed E-state index contributed by atoms with van der Waals surface area (Å²) in [4.78, 5) is 8.90. The fourth-order valence-corrected chi connectivity index (χ4v) is 3.94. The number of hydrogen-bond acceptors (Lipinski definition) is 3. The van der Waals surface area contributed by atoms with Gasteiger partial charge in [0.15, 0.2) is 0 Å². The molecule has 0 saturated heterocycles. The molecule has 0 saturated carbocycles. The van der Waals surface area contributed by atoms with E-state index in [1.807, 2.05) is 31.6 Å². The molecule has 0 aliphatic rings. The van der Waals surface area contributed by atoms with Crippen molar-refractivity contribution in [2.75, 3.05) is 6.54 Å². The van der Waals surface area contributed by atoms with Crippen LogP contribution in [0.3, 0.4) is 0 Å². The average Bonchev–Trinajstić information content (AvgIpc) is 3.06. The van der Waals surface area contributed by atoms with Crippen molar-refractivity contribution in [3.8, 4) is 11.3 Å². The summed E-state index contributed by atoms with van der Waals surface area (Å²) in [5, 5.41) is 5.17. The van der Waals surface area contributed by atoms with Crippen LogP contribution in [-0.2, 0) is 13.6 Å². The SMILES string of the molecule is CCCCCCCCCCNCc1cncc(-c2cc3ccc(Cl)nc3n2C)c1. The van der Waals surface area contributed by atoms with Crippen molar-refractivity contribution in [3.63, 3.8) is 0 Å². The number of fused-ring (bicyclic) bond motifs is 1. The van der Waals surface area contributed by atoms with Crippen LogP contribution in [0.1, 0.15) is 63.9 Å². The molecule has 0 fully saturated rings. The van der Waals surface area contributed by atoms with Crippen molar-refractivity contribution < 1.29 is 0 Å². The van der Waals surface area contributed by atoms with Gasteiger partial charge < -0.3 is 9.88 Å². The number of rotatable bonds is 12. The minimum Gasteiger partial charge on any atom is -0.328 e. The third-order valence-electron chi connectivity index (χ3n) is 5.47. The Balaban J connectivity index is 1.47. The van der Waals surface area contributed by atoms with Gasteiger partial charge in [-0.25, -0.2) is 4.98 Å². The van der Waals surface area contributed by atoms with Gasteiger partial charge in [-0.1, -0.05) is 63.5 Å². The van der Waals surface area contributed by atoms with E-state index in [9.17, 15) is 0 Å². The van der Waals surface area contributed by atoms with E-state index in [1.165, 1.54) is 56.9 Å². The average molecular weight is 413 g/mol. The quantitative estimate of drug-likeness (QED) is 0.272. The molecule has 0 bridgehead atoms. The summed E-state index contributed by atoms with van der Waals surface area (Å²) in [6, 6.07) is 8.20. The first-order valence-electron chi connectivity index (χ1n) is 11.0. The Bertz CT molecular complexity index is 903. The molecular formula is C24H33ClN4. The molecule has 0 aliphatic carbocycles. The fourth-order valence-electron chi connectivity index (χ4n) is 3.79. The molecule has 1 N–H and O–H groups in total. The Kier molecular flexibility index (Phi) is 8.51. The van der Waals surface area contributed by atoms with Crippen LogP contribution in [0.25, 0.3) is 22.3 Å². The molecule has 0 atom stereocenters. The minimum absolute atomic E-state index is 0.516. The summed E-state index contributed by atoms with van der Waals surface area (Å²) in [5.74, 6) is 0. The largest absolute Gasteiger partial charge is 0.328 e. The van der Waals surface area contributed by atoms with Crippen molar-refractivity contribution in [2.24, 2.45) is 7.05 Å². The summed E-state index contributed by atoms with van der Waals surface area (Å²) >= 11 is 6.06. The van der Waals surface area contributed by atoms with Gasteiger partial charge in [0.25, 0.3) is 0 Å². The molecule has 0 aliphatic heterocycles. The van der Waals surface area contributed by atoms with E-state index < -0.39 is 0 Å². The number of unbranched alkanes of at least 4 members (excludes halogenated alkanes) is 7. The van der Waals surface area contributed by atoms with E-state index >= 15 is 0 Å². The van der Waals surface area contributed by atoms with Gasteiger partial charge in [0, 0.05) is 36.9 Å². The monoisotopic (exact) mass is 412 g/mol. The lowest BCUT2D eigenvalue weighted by Gasteiger charge is -2.08. The molecule has 3 aromatic heterocycles. The molecule has 0 aromatic carbocycles. The summed E-state index contributed by atoms with van der Waals surface area (Å²) in [6.07, 6.45) is 14.7. The van der Waals surface area contributed by atoms with Crippen LogP contribution in [0.5, 0.6) is 0 Å². The zero-order valence-corrected chi connectivity index (χ0v) is 18.5. The maximum Gasteiger partial charge on any atom is 0.141 e. The van der Waals surface area contributed by atoms with Crippen LogP contribution >= 0.6 is 11.6 Å². The van der Waals surface area contributed by atoms with Crippen molar-refractivity contribution in [1.82, 2.24) is 19.9 Å². The number of aromatic nitrogens is 3. The lowest BCUT2D eigenvalue weighted by Crippen LogP contribution is -2.14. The minimum atomic E-state index is 0.516. The van der Waals surface area contributed by atoms with Crippen molar-refractivity contribution >= 4 is 22.6 Å². The van der Waals surface area contributed by atoms with Gasteiger partial charge in [0.2, 0.25) is 0 Å². The van der Waals surface area contributed by atoms with E-state index in [0.29, 0.717) is 5.15 Å². The Morgan fingerprint density at radius 3 is 2.52 bits per heavy atom. The first-order chi connectivity index (χ1) is 14.2. The molecule has 29 heavy (non-hydrogen) atoms. The second-order valence-corrected chi connectivity index (χ2v) is 8.26. The molecule has 5 heteroatoms. The standard InChI is InChI=1S/C24H33ClN4/c1-3-4-5-6-7-8-9-10-13-26-16-19-14-21(18-27-17-19)22-15-20-11-12-23(25)28-24(20)29(22)2/h11-12,14-15,17-18,26H,3-10,13,16H2,1-2H3. The third-order valence-corrected chi connectivity index (χ3v) is 5.68. The molecule has 0 radical (unpaired) electrons. The number of hydrogen-bond donors (Lipinski definition) is 1. The maximum absolute atomic E-state index is 6.06. The number of pyridine rings is 2. The van der Waals surface area contributed by atoms with Crippen LogP contribution in [0.15, 0.2) is 36.7 Å². The summed E-state index contributed by atoms with van der Waals surface area (Å²) in [5.41, 5.74) is 4.31. The second-order valence-electron chi connectivity index (χ2n) is 7.87. The van der Waals surface area contributed by atoms with Gasteiger partial charge in [-0.2, -0.15) is 0 Å². The Morgan fingerprint density at radius 1 is 0.966 bits per heavy atom. The summed E-state index contributed by atoms with van der Waals surface area (Å²) < 4.78 is 2.08. The van der Waals surface area contributed by atoms with E-state index in [2.05, 4.69) is 38.9 Å². The molecule has 0 spiro atoms. The van der Waals surface area contributed by atoms with Gasteiger partial charge in [-0.05, 0) is 42.8 Å². The zero-order chi connectivity index (χ0) is 20.5. The van der Waals surface area contributed by atoms with Crippen LogP contribution in [0.4, 0.5) is 0 Å². The van der Waals surface area contributed by atoms with Crippen LogP contribution in [0.2, 0.25) is 5.15 Å². The summed E-state index contributed by atoms with van der Waals surface area (Å²) in [6.45, 7) is 4.19. The van der Waals surface area contributed by atoms with Crippen LogP contribution in [0, 0.1) is 0 Å². The predicted octanol–water partition coefficient (Wildman–Crippen LogP) is 6.52. The lowest BCUT2D eigenvalue weighted by molar-refractivity contribution is 0.555. The van der Waals surface area contributed by atoms with Gasteiger partial charge in [-0.3, -0.25) is 4.98 Å². The van der Waals surface area contributed by atoms with E-state index in [0.717, 1.165) is 35.4 Å². The topological polar surface area (TPSA) is 42.7 Å². The molecule has 0 unspecified atom stereocenters. The highest BCUT2D eigenvalue weighted by atomic mass is 35.5. The number of aryl methyl sites for hydroxylation is 1. The maximum atomic E-state index is 6.06. The molecule has 156 valence electrons. The Morgan fingerprint density at radius 2 is 1.72 bits per heavy atom. The van der Waals surface area contributed by atoms with Crippen LogP contribution in [-0.4, -0.2) is 21.1 Å². The van der Waals surface area contributed by atoms with Crippen molar-refractivity contribution in [2.45, 2.75) is 64.8 Å². The molecule has 3 heterocycles. The molecule has 3 rings (SSSR count). The molecular weight excluding hydrogens is 380 g/mol. The van der Waals surface area contributed by atoms with E-state index in [-0.39, 0.29) is 0 Å². The Hall–Kier alpha value is -1.91. The molecule has 4 nitrogen and oxygen atoms in total. The number of nitrogens with zero attached hydrogens (tertiary/aromatic N) is 3. The zero-order valence-electron chi connectivity index (χ0n) is 17.8. The van der Waals surface area contributed by atoms with Gasteiger partial charge in [0.1, 0.15) is 10.8 Å². The van der Waals surface area contributed by atoms with E-state index in [1.54, 1.807) is 0 Å². The highest BCUT2D eigenvalue weighted by Crippen LogP contribution is 2.27. The van der Waals surface area contributed by atoms with Crippen molar-refractivity contribution in [3.05, 3.63) is 47.4 Å². The fraction of sp³-hybridized carbons (Fsp3) is 0.500. The smallest absolute Gasteiger partial charge is 0.141 e. The summed E-state index contributed by atoms with van der Waals surface area (Å²) in [7, 11) is 2.02. The number of nitrogens with one attached hydrogen (secondary N) is 1.